The van der Waals surface area contributed by atoms with Crippen LogP contribution in [0.3, 0.4) is 0 Å². The molecule has 1 amide bonds. The summed E-state index contributed by atoms with van der Waals surface area (Å²) in [6.07, 6.45) is 5.58. The topological polar surface area (TPSA) is 85.0 Å². The van der Waals surface area contributed by atoms with Gasteiger partial charge in [0.15, 0.2) is 5.82 Å². The first kappa shape index (κ1) is 16.4. The van der Waals surface area contributed by atoms with Crippen molar-refractivity contribution in [3.05, 3.63) is 60.3 Å². The summed E-state index contributed by atoms with van der Waals surface area (Å²) in [5, 5.41) is 4.12. The minimum Gasteiger partial charge on any atom is -0.342 e. The van der Waals surface area contributed by atoms with E-state index < -0.39 is 0 Å². The third-order valence-corrected chi connectivity index (χ3v) is 4.52. The van der Waals surface area contributed by atoms with Gasteiger partial charge in [-0.15, -0.1) is 0 Å². The highest BCUT2D eigenvalue weighted by Gasteiger charge is 2.28. The van der Waals surface area contributed by atoms with Crippen LogP contribution in [0.4, 0.5) is 0 Å². The second-order valence-corrected chi connectivity index (χ2v) is 6.35. The van der Waals surface area contributed by atoms with E-state index in [0.29, 0.717) is 30.4 Å². The van der Waals surface area contributed by atoms with Gasteiger partial charge in [0.05, 0.1) is 6.42 Å². The predicted octanol–water partition coefficient (Wildman–Crippen LogP) is 2.48. The quantitative estimate of drug-likeness (QED) is 0.719. The number of pyridine rings is 2. The molecule has 7 nitrogen and oxygen atoms in total. The van der Waals surface area contributed by atoms with Crippen LogP contribution in [-0.2, 0) is 11.2 Å². The van der Waals surface area contributed by atoms with Gasteiger partial charge in [0.1, 0.15) is 5.69 Å². The Bertz CT molecular complexity index is 866. The van der Waals surface area contributed by atoms with Crippen LogP contribution >= 0.6 is 0 Å². The van der Waals surface area contributed by atoms with Gasteiger partial charge < -0.3 is 9.42 Å². The van der Waals surface area contributed by atoms with E-state index in [-0.39, 0.29) is 11.8 Å². The molecular formula is C19H19N5O2. The molecule has 0 aromatic carbocycles. The number of rotatable bonds is 4. The van der Waals surface area contributed by atoms with E-state index >= 15 is 0 Å². The van der Waals surface area contributed by atoms with Gasteiger partial charge in [0, 0.05) is 37.1 Å². The van der Waals surface area contributed by atoms with Crippen molar-refractivity contribution in [3.8, 4) is 11.6 Å². The van der Waals surface area contributed by atoms with Crippen LogP contribution in [0.15, 0.2) is 53.3 Å². The molecule has 1 atom stereocenters. The lowest BCUT2D eigenvalue weighted by molar-refractivity contribution is -0.131. The number of nitrogens with zero attached hydrogens (tertiary/aromatic N) is 5. The first-order chi connectivity index (χ1) is 12.8. The molecule has 7 heteroatoms. The molecule has 4 heterocycles. The van der Waals surface area contributed by atoms with E-state index in [2.05, 4.69) is 20.1 Å². The number of hydrogen-bond donors (Lipinski definition) is 0. The summed E-state index contributed by atoms with van der Waals surface area (Å²) in [7, 11) is 0. The Hall–Kier alpha value is -3.09. The Labute approximate surface area is 151 Å². The molecule has 3 aromatic rings. The van der Waals surface area contributed by atoms with Crippen molar-refractivity contribution in [2.75, 3.05) is 13.1 Å². The van der Waals surface area contributed by atoms with Crippen LogP contribution in [0, 0.1) is 0 Å². The Morgan fingerprint density at radius 1 is 1.15 bits per heavy atom. The number of amides is 1. The normalized spacial score (nSPS) is 17.2. The smallest absolute Gasteiger partial charge is 0.276 e. The maximum absolute atomic E-state index is 12.6. The second kappa shape index (κ2) is 7.43. The standard InChI is InChI=1S/C19H19N5O2/c25-17(12-15-7-1-3-9-20-15)24-11-5-6-14(13-24)18-22-19(26-23-18)16-8-2-4-10-21-16/h1-4,7-10,14H,5-6,11-13H2/t14-/m0/s1. The summed E-state index contributed by atoms with van der Waals surface area (Å²) in [5.74, 6) is 1.22. The maximum atomic E-state index is 12.6. The SMILES string of the molecule is O=C(Cc1ccccn1)N1CCC[C@H](c2noc(-c3ccccn3)n2)C1. The number of carbonyl (C=O) groups excluding carboxylic acids is 1. The summed E-state index contributed by atoms with van der Waals surface area (Å²) in [6.45, 7) is 1.36. The van der Waals surface area contributed by atoms with Gasteiger partial charge in [0.25, 0.3) is 5.89 Å². The molecule has 0 N–H and O–H groups in total. The molecule has 0 unspecified atom stereocenters. The van der Waals surface area contributed by atoms with E-state index in [1.807, 2.05) is 41.3 Å². The molecule has 3 aromatic heterocycles. The highest BCUT2D eigenvalue weighted by molar-refractivity contribution is 5.78. The minimum atomic E-state index is 0.0812. The molecular weight excluding hydrogens is 330 g/mol. The van der Waals surface area contributed by atoms with Crippen molar-refractivity contribution in [2.45, 2.75) is 25.2 Å². The number of likely N-dealkylation sites (tertiary alicyclic amines) is 1. The minimum absolute atomic E-state index is 0.0812. The Morgan fingerprint density at radius 2 is 2.00 bits per heavy atom. The lowest BCUT2D eigenvalue weighted by Crippen LogP contribution is -2.40. The van der Waals surface area contributed by atoms with Gasteiger partial charge in [0.2, 0.25) is 5.91 Å². The zero-order chi connectivity index (χ0) is 17.8. The van der Waals surface area contributed by atoms with Crippen molar-refractivity contribution in [1.29, 1.82) is 0 Å². The second-order valence-electron chi connectivity index (χ2n) is 6.35. The van der Waals surface area contributed by atoms with Gasteiger partial charge >= 0.3 is 0 Å². The zero-order valence-electron chi connectivity index (χ0n) is 14.3. The average Bonchev–Trinajstić information content (AvgIpc) is 3.20. The molecule has 0 spiro atoms. The molecule has 4 rings (SSSR count). The summed E-state index contributed by atoms with van der Waals surface area (Å²) < 4.78 is 5.36. The molecule has 1 saturated heterocycles. The largest absolute Gasteiger partial charge is 0.342 e. The zero-order valence-corrected chi connectivity index (χ0v) is 14.3. The highest BCUT2D eigenvalue weighted by atomic mass is 16.5. The molecule has 26 heavy (non-hydrogen) atoms. The summed E-state index contributed by atoms with van der Waals surface area (Å²) in [6, 6.07) is 11.2. The van der Waals surface area contributed by atoms with Crippen molar-refractivity contribution in [1.82, 2.24) is 25.0 Å². The van der Waals surface area contributed by atoms with Crippen LogP contribution in [0.25, 0.3) is 11.6 Å². The lowest BCUT2D eigenvalue weighted by atomic mass is 9.97. The molecule has 1 aliphatic rings. The fraction of sp³-hybridized carbons (Fsp3) is 0.316. The van der Waals surface area contributed by atoms with Gasteiger partial charge in [-0.25, -0.2) is 0 Å². The number of aromatic nitrogens is 4. The van der Waals surface area contributed by atoms with Crippen LogP contribution in [0.1, 0.15) is 30.3 Å². The van der Waals surface area contributed by atoms with E-state index in [1.54, 1.807) is 12.4 Å². The fourth-order valence-corrected chi connectivity index (χ4v) is 3.18. The fourth-order valence-electron chi connectivity index (χ4n) is 3.18. The van der Waals surface area contributed by atoms with Crippen molar-refractivity contribution >= 4 is 5.91 Å². The Morgan fingerprint density at radius 3 is 2.77 bits per heavy atom. The van der Waals surface area contributed by atoms with Crippen LogP contribution in [0.5, 0.6) is 0 Å². The molecule has 0 saturated carbocycles. The van der Waals surface area contributed by atoms with E-state index in [9.17, 15) is 4.79 Å². The van der Waals surface area contributed by atoms with Crippen LogP contribution in [-0.4, -0.2) is 44.0 Å². The third-order valence-electron chi connectivity index (χ3n) is 4.52. The molecule has 1 aliphatic heterocycles. The monoisotopic (exact) mass is 349 g/mol. The van der Waals surface area contributed by atoms with Crippen LogP contribution in [0.2, 0.25) is 0 Å². The summed E-state index contributed by atoms with van der Waals surface area (Å²) in [4.78, 5) is 27.4. The number of hydrogen-bond acceptors (Lipinski definition) is 6. The Balaban J connectivity index is 1.44. The van der Waals surface area contributed by atoms with E-state index in [4.69, 9.17) is 4.52 Å². The number of carbonyl (C=O) groups is 1. The molecule has 0 radical (unpaired) electrons. The highest BCUT2D eigenvalue weighted by Crippen LogP contribution is 2.27. The predicted molar refractivity (Wildman–Crippen MR) is 94.0 cm³/mol. The van der Waals surface area contributed by atoms with Gasteiger partial charge in [-0.1, -0.05) is 17.3 Å². The lowest BCUT2D eigenvalue weighted by Gasteiger charge is -2.31. The average molecular weight is 349 g/mol. The maximum Gasteiger partial charge on any atom is 0.276 e. The first-order valence-electron chi connectivity index (χ1n) is 8.72. The van der Waals surface area contributed by atoms with Crippen molar-refractivity contribution in [3.63, 3.8) is 0 Å². The summed E-state index contributed by atoms with van der Waals surface area (Å²) >= 11 is 0. The van der Waals surface area contributed by atoms with Crippen LogP contribution < -0.4 is 0 Å². The molecule has 1 fully saturated rings. The van der Waals surface area contributed by atoms with Gasteiger partial charge in [-0.2, -0.15) is 4.98 Å². The van der Waals surface area contributed by atoms with E-state index in [0.717, 1.165) is 25.1 Å². The summed E-state index contributed by atoms with van der Waals surface area (Å²) in [5.41, 5.74) is 1.45. The van der Waals surface area contributed by atoms with Crippen molar-refractivity contribution < 1.29 is 9.32 Å². The van der Waals surface area contributed by atoms with Crippen molar-refractivity contribution in [2.24, 2.45) is 0 Å². The number of piperidine rings is 1. The third kappa shape index (κ3) is 3.61. The molecule has 0 bridgehead atoms. The molecule has 0 aliphatic carbocycles. The first-order valence-corrected chi connectivity index (χ1v) is 8.72. The molecule has 132 valence electrons. The van der Waals surface area contributed by atoms with Gasteiger partial charge in [-0.3, -0.25) is 14.8 Å². The van der Waals surface area contributed by atoms with Gasteiger partial charge in [-0.05, 0) is 37.1 Å². The van der Waals surface area contributed by atoms with E-state index in [1.165, 1.54) is 0 Å². The Kier molecular flexibility index (Phi) is 4.68.